The van der Waals surface area contributed by atoms with Crippen molar-refractivity contribution in [3.05, 3.63) is 0 Å². The molecule has 0 saturated carbocycles. The lowest BCUT2D eigenvalue weighted by molar-refractivity contribution is -0.110. The van der Waals surface area contributed by atoms with Gasteiger partial charge in [-0.15, -0.1) is 0 Å². The maximum absolute atomic E-state index is 10.7. The summed E-state index contributed by atoms with van der Waals surface area (Å²) in [6.45, 7) is 2.04. The quantitative estimate of drug-likeness (QED) is 0.519. The number of hydrogen-bond acceptors (Lipinski definition) is 1. The molecule has 0 rings (SSSR count). The Kier molecular flexibility index (Phi) is 5.52. The second kappa shape index (κ2) is 5.76. The Morgan fingerprint density at radius 1 is 1.56 bits per heavy atom. The summed E-state index contributed by atoms with van der Waals surface area (Å²) in [5.74, 6) is 0. The molecule has 1 radical (unpaired) electrons. The predicted octanol–water partition coefficient (Wildman–Crippen LogP) is 1.56. The second-order valence-corrected chi connectivity index (χ2v) is 2.17. The van der Waals surface area contributed by atoms with Crippen molar-refractivity contribution in [2.24, 2.45) is 0 Å². The molecule has 0 aromatic rings. The van der Waals surface area contributed by atoms with Gasteiger partial charge in [-0.25, -0.2) is 5.11 Å². The van der Waals surface area contributed by atoms with Gasteiger partial charge in [0.1, 0.15) is 6.29 Å². The van der Waals surface area contributed by atoms with Crippen LogP contribution in [0.15, 0.2) is 0 Å². The molecule has 0 aromatic carbocycles. The fourth-order valence-corrected chi connectivity index (χ4v) is 0.657. The number of aldehydes is 1. The SMILES string of the molecule is CCCC[C@@H]([O])CC=O. The smallest absolute Gasteiger partial charge is 0.122 e. The van der Waals surface area contributed by atoms with Gasteiger partial charge in [0.25, 0.3) is 0 Å². The number of carbonyl (C=O) groups excluding carboxylic acids is 1. The zero-order valence-corrected chi connectivity index (χ0v) is 5.80. The molecule has 0 heterocycles. The molecule has 2 nitrogen and oxygen atoms in total. The van der Waals surface area contributed by atoms with Crippen LogP contribution in [0.5, 0.6) is 0 Å². The molecule has 0 saturated heterocycles. The molecule has 0 aliphatic heterocycles. The van der Waals surface area contributed by atoms with Crippen molar-refractivity contribution in [3.8, 4) is 0 Å². The van der Waals surface area contributed by atoms with Crippen molar-refractivity contribution in [1.29, 1.82) is 0 Å². The molecular formula is C7H13O2. The van der Waals surface area contributed by atoms with E-state index in [4.69, 9.17) is 0 Å². The van der Waals surface area contributed by atoms with Crippen molar-refractivity contribution in [2.75, 3.05) is 0 Å². The van der Waals surface area contributed by atoms with Crippen LogP contribution < -0.4 is 0 Å². The summed E-state index contributed by atoms with van der Waals surface area (Å²) in [6.07, 6.45) is 2.87. The summed E-state index contributed by atoms with van der Waals surface area (Å²) in [7, 11) is 0. The van der Waals surface area contributed by atoms with E-state index in [2.05, 4.69) is 0 Å². The summed E-state index contributed by atoms with van der Waals surface area (Å²) in [4.78, 5) is 9.78. The second-order valence-electron chi connectivity index (χ2n) is 2.17. The van der Waals surface area contributed by atoms with Gasteiger partial charge < -0.3 is 4.79 Å². The highest BCUT2D eigenvalue weighted by atomic mass is 16.3. The Hall–Kier alpha value is -0.370. The summed E-state index contributed by atoms with van der Waals surface area (Å²) < 4.78 is 0. The molecule has 0 fully saturated rings. The first-order chi connectivity index (χ1) is 4.31. The number of hydrogen-bond donors (Lipinski definition) is 0. The topological polar surface area (TPSA) is 37.0 Å². The van der Waals surface area contributed by atoms with Crippen molar-refractivity contribution in [2.45, 2.75) is 38.7 Å². The van der Waals surface area contributed by atoms with E-state index in [0.717, 1.165) is 12.8 Å². The van der Waals surface area contributed by atoms with Crippen molar-refractivity contribution in [1.82, 2.24) is 0 Å². The lowest BCUT2D eigenvalue weighted by atomic mass is 10.1. The van der Waals surface area contributed by atoms with Crippen LogP contribution in [0, 0.1) is 0 Å². The third kappa shape index (κ3) is 5.50. The van der Waals surface area contributed by atoms with Crippen LogP contribution in [0.1, 0.15) is 32.6 Å². The van der Waals surface area contributed by atoms with E-state index < -0.39 is 6.10 Å². The standard InChI is InChI=1S/C7H13O2/c1-2-3-4-7(9)5-6-8/h6-7H,2-5H2,1H3/t7-/m1/s1. The molecule has 0 spiro atoms. The summed E-state index contributed by atoms with van der Waals surface area (Å²) >= 11 is 0. The molecular weight excluding hydrogens is 116 g/mol. The normalized spacial score (nSPS) is 13.1. The van der Waals surface area contributed by atoms with Crippen LogP contribution in [-0.2, 0) is 9.90 Å². The largest absolute Gasteiger partial charge is 0.303 e. The predicted molar refractivity (Wildman–Crippen MR) is 34.7 cm³/mol. The van der Waals surface area contributed by atoms with Crippen LogP contribution >= 0.6 is 0 Å². The fraction of sp³-hybridized carbons (Fsp3) is 0.857. The molecule has 0 unspecified atom stereocenters. The van der Waals surface area contributed by atoms with Gasteiger partial charge in [0.2, 0.25) is 0 Å². The summed E-state index contributed by atoms with van der Waals surface area (Å²) in [6, 6.07) is 0. The van der Waals surface area contributed by atoms with Gasteiger partial charge in [-0.3, -0.25) is 0 Å². The third-order valence-corrected chi connectivity index (χ3v) is 1.24. The molecule has 2 heteroatoms. The van der Waals surface area contributed by atoms with Crippen molar-refractivity contribution in [3.63, 3.8) is 0 Å². The van der Waals surface area contributed by atoms with E-state index in [1.807, 2.05) is 6.92 Å². The average molecular weight is 129 g/mol. The average Bonchev–Trinajstić information content (AvgIpc) is 1.85. The summed E-state index contributed by atoms with van der Waals surface area (Å²) in [5, 5.41) is 10.7. The maximum atomic E-state index is 10.7. The van der Waals surface area contributed by atoms with E-state index in [0.29, 0.717) is 12.7 Å². The Morgan fingerprint density at radius 3 is 2.67 bits per heavy atom. The monoisotopic (exact) mass is 129 g/mol. The first kappa shape index (κ1) is 8.63. The molecule has 0 amide bonds. The molecule has 1 atom stereocenters. The highest BCUT2D eigenvalue weighted by Crippen LogP contribution is 2.02. The fourth-order valence-electron chi connectivity index (χ4n) is 0.657. The van der Waals surface area contributed by atoms with Crippen LogP contribution in [-0.4, -0.2) is 12.4 Å². The Labute approximate surface area is 55.9 Å². The Bertz CT molecular complexity index is 71.3. The highest BCUT2D eigenvalue weighted by Gasteiger charge is 2.02. The van der Waals surface area contributed by atoms with Gasteiger partial charge in [0, 0.05) is 6.42 Å². The molecule has 53 valence electrons. The molecule has 0 N–H and O–H groups in total. The highest BCUT2D eigenvalue weighted by molar-refractivity contribution is 5.49. The van der Waals surface area contributed by atoms with E-state index >= 15 is 0 Å². The molecule has 9 heavy (non-hydrogen) atoms. The van der Waals surface area contributed by atoms with Crippen molar-refractivity contribution < 1.29 is 9.90 Å². The number of rotatable bonds is 5. The van der Waals surface area contributed by atoms with Crippen molar-refractivity contribution >= 4 is 6.29 Å². The van der Waals surface area contributed by atoms with E-state index in [-0.39, 0.29) is 6.42 Å². The van der Waals surface area contributed by atoms with Gasteiger partial charge in [0.05, 0.1) is 6.10 Å². The van der Waals surface area contributed by atoms with Crippen LogP contribution in [0.2, 0.25) is 0 Å². The van der Waals surface area contributed by atoms with E-state index in [1.54, 1.807) is 0 Å². The van der Waals surface area contributed by atoms with Gasteiger partial charge >= 0.3 is 0 Å². The van der Waals surface area contributed by atoms with Crippen LogP contribution in [0.25, 0.3) is 0 Å². The van der Waals surface area contributed by atoms with Gasteiger partial charge in [-0.1, -0.05) is 19.8 Å². The molecule has 0 aromatic heterocycles. The number of unbranched alkanes of at least 4 members (excludes halogenated alkanes) is 1. The lowest BCUT2D eigenvalue weighted by Gasteiger charge is -2.00. The van der Waals surface area contributed by atoms with Gasteiger partial charge in [0.15, 0.2) is 0 Å². The minimum Gasteiger partial charge on any atom is -0.303 e. The minimum atomic E-state index is -0.651. The zero-order chi connectivity index (χ0) is 7.11. The first-order valence-corrected chi connectivity index (χ1v) is 3.40. The van der Waals surface area contributed by atoms with E-state index in [1.165, 1.54) is 0 Å². The zero-order valence-electron chi connectivity index (χ0n) is 5.80. The molecule has 0 aliphatic rings. The van der Waals surface area contributed by atoms with E-state index in [9.17, 15) is 9.90 Å². The van der Waals surface area contributed by atoms with Crippen LogP contribution in [0.4, 0.5) is 0 Å². The Morgan fingerprint density at radius 2 is 2.22 bits per heavy atom. The lowest BCUT2D eigenvalue weighted by Crippen LogP contribution is -2.03. The minimum absolute atomic E-state index is 0.181. The van der Waals surface area contributed by atoms with Gasteiger partial charge in [-0.05, 0) is 6.42 Å². The third-order valence-electron chi connectivity index (χ3n) is 1.24. The first-order valence-electron chi connectivity index (χ1n) is 3.40. The Balaban J connectivity index is 3.04. The molecule has 0 aliphatic carbocycles. The number of carbonyl (C=O) groups is 1. The summed E-state index contributed by atoms with van der Waals surface area (Å²) in [5.41, 5.74) is 0. The van der Waals surface area contributed by atoms with Crippen LogP contribution in [0.3, 0.4) is 0 Å². The molecule has 0 bridgehead atoms. The maximum Gasteiger partial charge on any atom is 0.122 e. The van der Waals surface area contributed by atoms with Gasteiger partial charge in [-0.2, -0.15) is 0 Å².